The summed E-state index contributed by atoms with van der Waals surface area (Å²) in [5.41, 5.74) is 1.14. The lowest BCUT2D eigenvalue weighted by molar-refractivity contribution is 0.103. The van der Waals surface area contributed by atoms with Gasteiger partial charge in [0.2, 0.25) is 0 Å². The molecule has 0 bridgehead atoms. The first-order chi connectivity index (χ1) is 10.1. The molecule has 1 heterocycles. The molecular weight excluding hydrogens is 468 g/mol. The Hall–Kier alpha value is -0.850. The highest BCUT2D eigenvalue weighted by molar-refractivity contribution is 9.11. The number of carbonyl (C=O) groups is 1. The average Bonchev–Trinajstić information content (AvgIpc) is 2.46. The SMILES string of the molecule is O=C(c1ccc(Br)cc1Br)c1cc2c(cc1Br)OCCO2. The molecule has 0 saturated heterocycles. The molecule has 2 aromatic rings. The van der Waals surface area contributed by atoms with Gasteiger partial charge in [-0.2, -0.15) is 0 Å². The van der Waals surface area contributed by atoms with Crippen LogP contribution in [0.25, 0.3) is 0 Å². The van der Waals surface area contributed by atoms with Gasteiger partial charge in [0.15, 0.2) is 17.3 Å². The molecule has 0 unspecified atom stereocenters. The minimum Gasteiger partial charge on any atom is -0.486 e. The average molecular weight is 477 g/mol. The van der Waals surface area contributed by atoms with Crippen LogP contribution in [0.2, 0.25) is 0 Å². The molecule has 0 amide bonds. The van der Waals surface area contributed by atoms with Gasteiger partial charge >= 0.3 is 0 Å². The Morgan fingerprint density at radius 2 is 1.48 bits per heavy atom. The van der Waals surface area contributed by atoms with Crippen molar-refractivity contribution in [1.82, 2.24) is 0 Å². The second kappa shape index (κ2) is 6.10. The molecule has 108 valence electrons. The number of hydrogen-bond donors (Lipinski definition) is 0. The Balaban J connectivity index is 2.05. The van der Waals surface area contributed by atoms with Crippen LogP contribution in [-0.4, -0.2) is 19.0 Å². The van der Waals surface area contributed by atoms with Gasteiger partial charge in [0, 0.05) is 24.5 Å². The first kappa shape index (κ1) is 15.1. The highest BCUT2D eigenvalue weighted by atomic mass is 79.9. The molecule has 2 aromatic carbocycles. The molecule has 0 aliphatic carbocycles. The van der Waals surface area contributed by atoms with Crippen LogP contribution in [0.3, 0.4) is 0 Å². The van der Waals surface area contributed by atoms with Gasteiger partial charge in [-0.25, -0.2) is 0 Å². The van der Waals surface area contributed by atoms with Crippen molar-refractivity contribution in [2.75, 3.05) is 13.2 Å². The summed E-state index contributed by atoms with van der Waals surface area (Å²) in [6.07, 6.45) is 0. The van der Waals surface area contributed by atoms with Crippen LogP contribution in [0, 0.1) is 0 Å². The van der Waals surface area contributed by atoms with Crippen LogP contribution < -0.4 is 9.47 Å². The lowest BCUT2D eigenvalue weighted by Crippen LogP contribution is -2.16. The first-order valence-electron chi connectivity index (χ1n) is 6.15. The number of rotatable bonds is 2. The number of carbonyl (C=O) groups excluding carboxylic acids is 1. The maximum atomic E-state index is 12.7. The molecule has 0 spiro atoms. The fraction of sp³-hybridized carbons (Fsp3) is 0.133. The molecular formula is C15H9Br3O3. The summed E-state index contributed by atoms with van der Waals surface area (Å²) in [6, 6.07) is 8.95. The largest absolute Gasteiger partial charge is 0.486 e. The monoisotopic (exact) mass is 474 g/mol. The van der Waals surface area contributed by atoms with E-state index < -0.39 is 0 Å². The number of benzene rings is 2. The van der Waals surface area contributed by atoms with Crippen LogP contribution >= 0.6 is 47.8 Å². The topological polar surface area (TPSA) is 35.5 Å². The van der Waals surface area contributed by atoms with E-state index in [0.29, 0.717) is 40.3 Å². The van der Waals surface area contributed by atoms with Crippen molar-refractivity contribution in [2.45, 2.75) is 0 Å². The molecule has 1 aliphatic rings. The second-order valence-corrected chi connectivity index (χ2v) is 7.05. The lowest BCUT2D eigenvalue weighted by atomic mass is 10.0. The number of ether oxygens (including phenoxy) is 2. The van der Waals surface area contributed by atoms with Gasteiger partial charge in [-0.1, -0.05) is 15.9 Å². The number of halogens is 3. The fourth-order valence-electron chi connectivity index (χ4n) is 2.06. The molecule has 0 N–H and O–H groups in total. The second-order valence-electron chi connectivity index (χ2n) is 4.43. The van der Waals surface area contributed by atoms with E-state index in [4.69, 9.17) is 9.47 Å². The summed E-state index contributed by atoms with van der Waals surface area (Å²) >= 11 is 10.2. The van der Waals surface area contributed by atoms with Crippen molar-refractivity contribution >= 4 is 53.6 Å². The zero-order valence-electron chi connectivity index (χ0n) is 10.7. The van der Waals surface area contributed by atoms with Crippen LogP contribution in [0.15, 0.2) is 43.7 Å². The maximum Gasteiger partial charge on any atom is 0.195 e. The van der Waals surface area contributed by atoms with Crippen LogP contribution in [0.1, 0.15) is 15.9 Å². The Kier molecular flexibility index (Phi) is 4.38. The van der Waals surface area contributed by atoms with Gasteiger partial charge in [-0.3, -0.25) is 4.79 Å². The van der Waals surface area contributed by atoms with E-state index >= 15 is 0 Å². The third-order valence-electron chi connectivity index (χ3n) is 3.05. The lowest BCUT2D eigenvalue weighted by Gasteiger charge is -2.19. The minimum absolute atomic E-state index is 0.0850. The van der Waals surface area contributed by atoms with Gasteiger partial charge in [0.05, 0.1) is 0 Å². The predicted octanol–water partition coefficient (Wildman–Crippen LogP) is 4.98. The number of fused-ring (bicyclic) bond motifs is 1. The smallest absolute Gasteiger partial charge is 0.195 e. The van der Waals surface area contributed by atoms with Crippen molar-refractivity contribution < 1.29 is 14.3 Å². The third-order valence-corrected chi connectivity index (χ3v) is 4.86. The number of ketones is 1. The Labute approximate surface area is 147 Å². The van der Waals surface area contributed by atoms with Crippen molar-refractivity contribution in [3.05, 3.63) is 54.9 Å². The minimum atomic E-state index is -0.0850. The molecule has 3 rings (SSSR count). The van der Waals surface area contributed by atoms with Gasteiger partial charge < -0.3 is 9.47 Å². The fourth-order valence-corrected chi connectivity index (χ4v) is 3.79. The van der Waals surface area contributed by atoms with E-state index in [0.717, 1.165) is 8.95 Å². The molecule has 1 aliphatic heterocycles. The zero-order valence-corrected chi connectivity index (χ0v) is 15.4. The standard InChI is InChI=1S/C15H9Br3O3/c16-8-1-2-9(11(17)5-8)15(19)10-6-13-14(7-12(10)18)21-4-3-20-13/h1-2,5-7H,3-4H2. The van der Waals surface area contributed by atoms with Crippen LogP contribution in [0.5, 0.6) is 11.5 Å². The molecule has 21 heavy (non-hydrogen) atoms. The van der Waals surface area contributed by atoms with Gasteiger partial charge in [0.1, 0.15) is 13.2 Å². The van der Waals surface area contributed by atoms with E-state index in [-0.39, 0.29) is 5.78 Å². The van der Waals surface area contributed by atoms with E-state index in [9.17, 15) is 4.79 Å². The van der Waals surface area contributed by atoms with Crippen molar-refractivity contribution in [3.63, 3.8) is 0 Å². The summed E-state index contributed by atoms with van der Waals surface area (Å²) in [5, 5.41) is 0. The first-order valence-corrected chi connectivity index (χ1v) is 8.53. The third kappa shape index (κ3) is 3.03. The zero-order chi connectivity index (χ0) is 15.0. The highest BCUT2D eigenvalue weighted by Crippen LogP contribution is 2.37. The van der Waals surface area contributed by atoms with Gasteiger partial charge in [0.25, 0.3) is 0 Å². The number of hydrogen-bond acceptors (Lipinski definition) is 3. The molecule has 6 heteroatoms. The maximum absolute atomic E-state index is 12.7. The summed E-state index contributed by atoms with van der Waals surface area (Å²) in [6.45, 7) is 1.01. The Bertz CT molecular complexity index is 728. The van der Waals surface area contributed by atoms with E-state index in [2.05, 4.69) is 47.8 Å². The quantitative estimate of drug-likeness (QED) is 0.574. The molecule has 0 saturated carbocycles. The van der Waals surface area contributed by atoms with Gasteiger partial charge in [-0.05, 0) is 62.2 Å². The summed E-state index contributed by atoms with van der Waals surface area (Å²) < 4.78 is 13.4. The van der Waals surface area contributed by atoms with Crippen molar-refractivity contribution in [3.8, 4) is 11.5 Å². The molecule has 0 aromatic heterocycles. The Morgan fingerprint density at radius 1 is 0.857 bits per heavy atom. The molecule has 3 nitrogen and oxygen atoms in total. The molecule has 0 atom stereocenters. The molecule has 0 fully saturated rings. The summed E-state index contributed by atoms with van der Waals surface area (Å²) in [7, 11) is 0. The highest BCUT2D eigenvalue weighted by Gasteiger charge is 2.21. The van der Waals surface area contributed by atoms with E-state index in [1.807, 2.05) is 12.1 Å². The summed E-state index contributed by atoms with van der Waals surface area (Å²) in [4.78, 5) is 12.7. The van der Waals surface area contributed by atoms with E-state index in [1.165, 1.54) is 0 Å². The van der Waals surface area contributed by atoms with Crippen LogP contribution in [-0.2, 0) is 0 Å². The summed E-state index contributed by atoms with van der Waals surface area (Å²) in [5.74, 6) is 1.17. The normalized spacial score (nSPS) is 13.1. The van der Waals surface area contributed by atoms with Crippen LogP contribution in [0.4, 0.5) is 0 Å². The van der Waals surface area contributed by atoms with Crippen molar-refractivity contribution in [2.24, 2.45) is 0 Å². The van der Waals surface area contributed by atoms with E-state index in [1.54, 1.807) is 18.2 Å². The van der Waals surface area contributed by atoms with Crippen molar-refractivity contribution in [1.29, 1.82) is 0 Å². The van der Waals surface area contributed by atoms with Gasteiger partial charge in [-0.15, -0.1) is 0 Å². The molecule has 0 radical (unpaired) electrons. The Morgan fingerprint density at radius 3 is 2.14 bits per heavy atom. The predicted molar refractivity (Wildman–Crippen MR) is 90.4 cm³/mol.